The summed E-state index contributed by atoms with van der Waals surface area (Å²) in [5, 5.41) is 11.7. The highest BCUT2D eigenvalue weighted by Crippen LogP contribution is 2.25. The lowest BCUT2D eigenvalue weighted by atomic mass is 9.82. The lowest BCUT2D eigenvalue weighted by Crippen LogP contribution is -2.39. The molecule has 108 valence electrons. The molecule has 1 aliphatic rings. The van der Waals surface area contributed by atoms with E-state index in [1.165, 1.54) is 0 Å². The van der Waals surface area contributed by atoms with E-state index in [1.54, 1.807) is 12.2 Å². The standard InChI is InChI=1S/C12H19NO5S/c1-19(17,18)8-4-7-13-11(14)9-5-2-3-6-10(9)12(15)16/h2-3,9-10H,4-8H2,1H3,(H,13,14)(H,15,16)/t9-,10+/m1/s1. The number of rotatable bonds is 6. The van der Waals surface area contributed by atoms with Crippen LogP contribution < -0.4 is 5.32 Å². The number of carboxylic acids is 1. The molecule has 0 aromatic carbocycles. The molecular formula is C12H19NO5S. The van der Waals surface area contributed by atoms with Crippen molar-refractivity contribution in [2.24, 2.45) is 11.8 Å². The van der Waals surface area contributed by atoms with Gasteiger partial charge >= 0.3 is 5.97 Å². The Morgan fingerprint density at radius 3 is 2.37 bits per heavy atom. The Balaban J connectivity index is 2.44. The molecule has 0 heterocycles. The Bertz CT molecular complexity index is 469. The van der Waals surface area contributed by atoms with Crippen LogP contribution >= 0.6 is 0 Å². The number of hydrogen-bond acceptors (Lipinski definition) is 4. The minimum absolute atomic E-state index is 0.0141. The molecule has 0 aromatic heterocycles. The highest BCUT2D eigenvalue weighted by Gasteiger charge is 2.33. The van der Waals surface area contributed by atoms with Crippen LogP contribution in [0.4, 0.5) is 0 Å². The summed E-state index contributed by atoms with van der Waals surface area (Å²) < 4.78 is 21.8. The van der Waals surface area contributed by atoms with Crippen LogP contribution in [0.2, 0.25) is 0 Å². The van der Waals surface area contributed by atoms with E-state index >= 15 is 0 Å². The van der Waals surface area contributed by atoms with Gasteiger partial charge in [-0.05, 0) is 19.3 Å². The maximum Gasteiger partial charge on any atom is 0.307 e. The van der Waals surface area contributed by atoms with Gasteiger partial charge in [-0.3, -0.25) is 9.59 Å². The first-order valence-electron chi connectivity index (χ1n) is 6.14. The second-order valence-corrected chi connectivity index (χ2v) is 7.03. The lowest BCUT2D eigenvalue weighted by molar-refractivity contribution is -0.147. The molecule has 1 aliphatic carbocycles. The largest absolute Gasteiger partial charge is 0.481 e. The summed E-state index contributed by atoms with van der Waals surface area (Å²) >= 11 is 0. The number of sulfone groups is 1. The molecule has 0 saturated heterocycles. The number of nitrogens with one attached hydrogen (secondary N) is 1. The summed E-state index contributed by atoms with van der Waals surface area (Å²) in [6.45, 7) is 0.248. The van der Waals surface area contributed by atoms with E-state index in [9.17, 15) is 18.0 Å². The van der Waals surface area contributed by atoms with Gasteiger partial charge in [-0.2, -0.15) is 0 Å². The van der Waals surface area contributed by atoms with Gasteiger partial charge in [0, 0.05) is 12.8 Å². The second-order valence-electron chi connectivity index (χ2n) is 4.77. The van der Waals surface area contributed by atoms with Gasteiger partial charge in [0.2, 0.25) is 5.91 Å². The molecule has 2 atom stereocenters. The van der Waals surface area contributed by atoms with E-state index in [1.807, 2.05) is 0 Å². The van der Waals surface area contributed by atoms with E-state index in [0.717, 1.165) is 6.26 Å². The predicted molar refractivity (Wildman–Crippen MR) is 70.3 cm³/mol. The fourth-order valence-electron chi connectivity index (χ4n) is 2.05. The fourth-order valence-corrected chi connectivity index (χ4v) is 2.72. The molecule has 0 bridgehead atoms. The zero-order chi connectivity index (χ0) is 14.5. The lowest BCUT2D eigenvalue weighted by Gasteiger charge is -2.24. The molecule has 0 unspecified atom stereocenters. The van der Waals surface area contributed by atoms with Crippen LogP contribution in [-0.4, -0.2) is 44.0 Å². The van der Waals surface area contributed by atoms with Gasteiger partial charge in [0.25, 0.3) is 0 Å². The third kappa shape index (κ3) is 5.42. The zero-order valence-electron chi connectivity index (χ0n) is 10.8. The van der Waals surface area contributed by atoms with Crippen molar-refractivity contribution < 1.29 is 23.1 Å². The number of carbonyl (C=O) groups excluding carboxylic acids is 1. The first kappa shape index (κ1) is 15.7. The highest BCUT2D eigenvalue weighted by molar-refractivity contribution is 7.90. The molecule has 7 heteroatoms. The molecule has 0 aliphatic heterocycles. The third-order valence-corrected chi connectivity index (χ3v) is 4.11. The molecule has 6 nitrogen and oxygen atoms in total. The van der Waals surface area contributed by atoms with Crippen molar-refractivity contribution in [3.8, 4) is 0 Å². The highest BCUT2D eigenvalue weighted by atomic mass is 32.2. The van der Waals surface area contributed by atoms with Gasteiger partial charge in [0.1, 0.15) is 9.84 Å². The summed E-state index contributed by atoms with van der Waals surface area (Å²) in [4.78, 5) is 22.9. The van der Waals surface area contributed by atoms with Crippen molar-refractivity contribution in [2.75, 3.05) is 18.6 Å². The van der Waals surface area contributed by atoms with Gasteiger partial charge in [-0.1, -0.05) is 12.2 Å². The molecule has 1 rings (SSSR count). The smallest absolute Gasteiger partial charge is 0.307 e. The Hall–Kier alpha value is -1.37. The fraction of sp³-hybridized carbons (Fsp3) is 0.667. The van der Waals surface area contributed by atoms with Gasteiger partial charge in [-0.25, -0.2) is 8.42 Å². The van der Waals surface area contributed by atoms with Gasteiger partial charge in [0.05, 0.1) is 17.6 Å². The number of aliphatic carboxylic acids is 1. The minimum atomic E-state index is -3.03. The van der Waals surface area contributed by atoms with Gasteiger partial charge in [-0.15, -0.1) is 0 Å². The Morgan fingerprint density at radius 1 is 1.26 bits per heavy atom. The van der Waals surface area contributed by atoms with Crippen LogP contribution in [0.15, 0.2) is 12.2 Å². The first-order valence-corrected chi connectivity index (χ1v) is 8.20. The van der Waals surface area contributed by atoms with E-state index in [0.29, 0.717) is 19.3 Å². The summed E-state index contributed by atoms with van der Waals surface area (Å²) in [6, 6.07) is 0. The Morgan fingerprint density at radius 2 is 1.84 bits per heavy atom. The zero-order valence-corrected chi connectivity index (χ0v) is 11.6. The van der Waals surface area contributed by atoms with E-state index in [2.05, 4.69) is 5.32 Å². The molecule has 0 saturated carbocycles. The Kier molecular flexibility index (Phi) is 5.53. The Labute approximate surface area is 112 Å². The average Bonchev–Trinajstić information content (AvgIpc) is 2.33. The van der Waals surface area contributed by atoms with E-state index in [-0.39, 0.29) is 18.2 Å². The molecule has 2 N–H and O–H groups in total. The molecule has 0 aromatic rings. The summed E-state index contributed by atoms with van der Waals surface area (Å²) in [5.41, 5.74) is 0. The quantitative estimate of drug-likeness (QED) is 0.537. The van der Waals surface area contributed by atoms with E-state index in [4.69, 9.17) is 5.11 Å². The number of carbonyl (C=O) groups is 2. The maximum absolute atomic E-state index is 11.9. The van der Waals surface area contributed by atoms with Gasteiger partial charge < -0.3 is 10.4 Å². The summed E-state index contributed by atoms with van der Waals surface area (Å²) in [6.07, 6.45) is 5.82. The van der Waals surface area contributed by atoms with Crippen molar-refractivity contribution in [1.82, 2.24) is 5.32 Å². The number of allylic oxidation sites excluding steroid dienone is 2. The molecule has 0 fully saturated rings. The van der Waals surface area contributed by atoms with Crippen molar-refractivity contribution >= 4 is 21.7 Å². The molecule has 0 spiro atoms. The molecule has 1 amide bonds. The first-order chi connectivity index (χ1) is 8.81. The number of hydrogen-bond donors (Lipinski definition) is 2. The van der Waals surface area contributed by atoms with Crippen LogP contribution in [0.5, 0.6) is 0 Å². The monoisotopic (exact) mass is 289 g/mol. The average molecular weight is 289 g/mol. The summed E-state index contributed by atoms with van der Waals surface area (Å²) in [5.74, 6) is -2.54. The van der Waals surface area contributed by atoms with Crippen LogP contribution in [0.3, 0.4) is 0 Å². The molecular weight excluding hydrogens is 270 g/mol. The molecule has 19 heavy (non-hydrogen) atoms. The minimum Gasteiger partial charge on any atom is -0.481 e. The van der Waals surface area contributed by atoms with Crippen molar-refractivity contribution in [1.29, 1.82) is 0 Å². The van der Waals surface area contributed by atoms with Crippen LogP contribution in [0.25, 0.3) is 0 Å². The number of carboxylic acid groups (broad SMARTS) is 1. The van der Waals surface area contributed by atoms with Gasteiger partial charge in [0.15, 0.2) is 0 Å². The SMILES string of the molecule is CS(=O)(=O)CCCNC(=O)[C@@H]1CC=CC[C@@H]1C(=O)O. The second kappa shape index (κ2) is 6.70. The topological polar surface area (TPSA) is 101 Å². The van der Waals surface area contributed by atoms with Crippen LogP contribution in [0, 0.1) is 11.8 Å². The molecule has 0 radical (unpaired) electrons. The van der Waals surface area contributed by atoms with Crippen molar-refractivity contribution in [3.63, 3.8) is 0 Å². The normalized spacial score (nSPS) is 23.0. The van der Waals surface area contributed by atoms with Crippen molar-refractivity contribution in [3.05, 3.63) is 12.2 Å². The number of amides is 1. The van der Waals surface area contributed by atoms with Crippen LogP contribution in [0.1, 0.15) is 19.3 Å². The summed E-state index contributed by atoms with van der Waals surface area (Å²) in [7, 11) is -3.03. The predicted octanol–water partition coefficient (Wildman–Crippen LogP) is 0.204. The van der Waals surface area contributed by atoms with E-state index < -0.39 is 27.6 Å². The maximum atomic E-state index is 11.9. The third-order valence-electron chi connectivity index (χ3n) is 3.08. The van der Waals surface area contributed by atoms with Crippen molar-refractivity contribution in [2.45, 2.75) is 19.3 Å². The van der Waals surface area contributed by atoms with Crippen LogP contribution in [-0.2, 0) is 19.4 Å².